The van der Waals surface area contributed by atoms with Crippen molar-refractivity contribution < 1.29 is 4.74 Å². The van der Waals surface area contributed by atoms with E-state index in [2.05, 4.69) is 6.92 Å². The van der Waals surface area contributed by atoms with Crippen LogP contribution >= 0.6 is 0 Å². The van der Waals surface area contributed by atoms with E-state index in [9.17, 15) is 0 Å². The molecule has 0 aliphatic heterocycles. The summed E-state index contributed by atoms with van der Waals surface area (Å²) in [5.74, 6) is 1.63. The molecule has 94 valence electrons. The number of hydrogen-bond acceptors (Lipinski definition) is 2. The van der Waals surface area contributed by atoms with Crippen LogP contribution in [0.1, 0.15) is 58.3 Å². The average Bonchev–Trinajstić information content (AvgIpc) is 2.23. The van der Waals surface area contributed by atoms with E-state index in [0.717, 1.165) is 18.3 Å². The first-order chi connectivity index (χ1) is 7.65. The number of ether oxygens (including phenoxy) is 1. The summed E-state index contributed by atoms with van der Waals surface area (Å²) in [6.45, 7) is 2.37. The van der Waals surface area contributed by atoms with E-state index in [1.54, 1.807) is 0 Å². The molecular formula is C14H27NO. The zero-order valence-corrected chi connectivity index (χ0v) is 10.9. The minimum absolute atomic E-state index is 0.153. The van der Waals surface area contributed by atoms with Gasteiger partial charge in [0, 0.05) is 13.2 Å². The van der Waals surface area contributed by atoms with Gasteiger partial charge in [-0.15, -0.1) is 0 Å². The van der Waals surface area contributed by atoms with Crippen LogP contribution in [-0.4, -0.2) is 18.8 Å². The van der Waals surface area contributed by atoms with Crippen molar-refractivity contribution in [3.8, 4) is 0 Å². The van der Waals surface area contributed by atoms with Crippen LogP contribution in [0.2, 0.25) is 0 Å². The molecule has 0 aromatic rings. The van der Waals surface area contributed by atoms with E-state index < -0.39 is 0 Å². The highest BCUT2D eigenvalue weighted by molar-refractivity contribution is 4.94. The summed E-state index contributed by atoms with van der Waals surface area (Å²) in [5.41, 5.74) is 6.55. The van der Waals surface area contributed by atoms with E-state index in [0.29, 0.717) is 6.04 Å². The fourth-order valence-corrected chi connectivity index (χ4v) is 3.53. The number of methoxy groups -OCH3 is 1. The van der Waals surface area contributed by atoms with Gasteiger partial charge in [-0.25, -0.2) is 0 Å². The van der Waals surface area contributed by atoms with Crippen molar-refractivity contribution in [3.05, 3.63) is 0 Å². The molecule has 2 saturated carbocycles. The predicted octanol–water partition coefficient (Wildman–Crippen LogP) is 3.10. The van der Waals surface area contributed by atoms with Crippen LogP contribution in [0.15, 0.2) is 0 Å². The van der Waals surface area contributed by atoms with Crippen molar-refractivity contribution in [2.75, 3.05) is 7.11 Å². The quantitative estimate of drug-likeness (QED) is 0.798. The van der Waals surface area contributed by atoms with Gasteiger partial charge in [0.05, 0.1) is 5.60 Å². The van der Waals surface area contributed by atoms with Crippen LogP contribution < -0.4 is 5.73 Å². The first kappa shape index (κ1) is 12.4. The average molecular weight is 225 g/mol. The number of rotatable bonds is 4. The van der Waals surface area contributed by atoms with Gasteiger partial charge in [-0.2, -0.15) is 0 Å². The molecule has 2 nitrogen and oxygen atoms in total. The van der Waals surface area contributed by atoms with E-state index in [4.69, 9.17) is 10.5 Å². The standard InChI is InChI=1S/C14H27NO/c1-11-5-3-6-12(9-11)13(15)10-14(16-2)7-4-8-14/h11-13H,3-10,15H2,1-2H3. The fourth-order valence-electron chi connectivity index (χ4n) is 3.53. The zero-order chi connectivity index (χ0) is 11.6. The third-order valence-corrected chi connectivity index (χ3v) is 4.89. The Hall–Kier alpha value is -0.0800. The van der Waals surface area contributed by atoms with Crippen LogP contribution in [0.25, 0.3) is 0 Å². The molecule has 2 aliphatic rings. The van der Waals surface area contributed by atoms with Crippen molar-refractivity contribution in [3.63, 3.8) is 0 Å². The fraction of sp³-hybridized carbons (Fsp3) is 1.00. The molecule has 16 heavy (non-hydrogen) atoms. The molecule has 3 atom stereocenters. The molecule has 0 spiro atoms. The molecular weight excluding hydrogens is 198 g/mol. The van der Waals surface area contributed by atoms with E-state index in [-0.39, 0.29) is 5.60 Å². The summed E-state index contributed by atoms with van der Waals surface area (Å²) in [6, 6.07) is 0.364. The minimum atomic E-state index is 0.153. The molecule has 2 heteroatoms. The molecule has 0 aromatic heterocycles. The highest BCUT2D eigenvalue weighted by Crippen LogP contribution is 2.41. The maximum Gasteiger partial charge on any atom is 0.0693 e. The van der Waals surface area contributed by atoms with Gasteiger partial charge in [0.1, 0.15) is 0 Å². The minimum Gasteiger partial charge on any atom is -0.378 e. The Bertz CT molecular complexity index is 219. The first-order valence-electron chi connectivity index (χ1n) is 6.96. The molecule has 0 saturated heterocycles. The number of nitrogens with two attached hydrogens (primary N) is 1. The van der Waals surface area contributed by atoms with Gasteiger partial charge >= 0.3 is 0 Å². The predicted molar refractivity (Wildman–Crippen MR) is 67.3 cm³/mol. The Morgan fingerprint density at radius 1 is 1.31 bits per heavy atom. The SMILES string of the molecule is COC1(CC(N)C2CCCC(C)C2)CCC1. The molecule has 2 fully saturated rings. The summed E-state index contributed by atoms with van der Waals surface area (Å²) < 4.78 is 5.68. The van der Waals surface area contributed by atoms with Gasteiger partial charge < -0.3 is 10.5 Å². The second kappa shape index (κ2) is 5.05. The molecule has 3 unspecified atom stereocenters. The monoisotopic (exact) mass is 225 g/mol. The molecule has 0 heterocycles. The largest absolute Gasteiger partial charge is 0.378 e. The summed E-state index contributed by atoms with van der Waals surface area (Å²) in [4.78, 5) is 0. The van der Waals surface area contributed by atoms with Gasteiger partial charge in [-0.05, 0) is 50.4 Å². The highest BCUT2D eigenvalue weighted by Gasteiger charge is 2.40. The lowest BCUT2D eigenvalue weighted by Crippen LogP contribution is -2.47. The lowest BCUT2D eigenvalue weighted by molar-refractivity contribution is -0.0856. The molecule has 2 aliphatic carbocycles. The third-order valence-electron chi connectivity index (χ3n) is 4.89. The van der Waals surface area contributed by atoms with Crippen LogP contribution in [-0.2, 0) is 4.74 Å². The van der Waals surface area contributed by atoms with Crippen LogP contribution in [0.5, 0.6) is 0 Å². The summed E-state index contributed by atoms with van der Waals surface area (Å²) in [6.07, 6.45) is 10.3. The highest BCUT2D eigenvalue weighted by atomic mass is 16.5. The maximum absolute atomic E-state index is 6.40. The normalized spacial score (nSPS) is 35.4. The Balaban J connectivity index is 1.84. The Kier molecular flexibility index (Phi) is 3.91. The van der Waals surface area contributed by atoms with Gasteiger partial charge in [-0.3, -0.25) is 0 Å². The Morgan fingerprint density at radius 2 is 2.06 bits per heavy atom. The van der Waals surface area contributed by atoms with Crippen molar-refractivity contribution in [2.24, 2.45) is 17.6 Å². The van der Waals surface area contributed by atoms with Crippen molar-refractivity contribution in [2.45, 2.75) is 69.9 Å². The van der Waals surface area contributed by atoms with Crippen LogP contribution in [0.3, 0.4) is 0 Å². The van der Waals surface area contributed by atoms with Crippen molar-refractivity contribution in [1.82, 2.24) is 0 Å². The lowest BCUT2D eigenvalue weighted by atomic mass is 9.70. The summed E-state index contributed by atoms with van der Waals surface area (Å²) in [5, 5.41) is 0. The lowest BCUT2D eigenvalue weighted by Gasteiger charge is -2.44. The van der Waals surface area contributed by atoms with Gasteiger partial charge in [0.15, 0.2) is 0 Å². The smallest absolute Gasteiger partial charge is 0.0693 e. The van der Waals surface area contributed by atoms with E-state index in [1.165, 1.54) is 44.9 Å². The summed E-state index contributed by atoms with van der Waals surface area (Å²) >= 11 is 0. The van der Waals surface area contributed by atoms with E-state index in [1.807, 2.05) is 7.11 Å². The number of hydrogen-bond donors (Lipinski definition) is 1. The second-order valence-electron chi connectivity index (χ2n) is 6.14. The molecule has 0 aromatic carbocycles. The first-order valence-corrected chi connectivity index (χ1v) is 6.96. The Labute approximate surface area is 99.9 Å². The molecule has 2 N–H and O–H groups in total. The molecule has 2 rings (SSSR count). The summed E-state index contributed by atoms with van der Waals surface area (Å²) in [7, 11) is 1.86. The zero-order valence-electron chi connectivity index (χ0n) is 10.9. The van der Waals surface area contributed by atoms with Crippen molar-refractivity contribution >= 4 is 0 Å². The third kappa shape index (κ3) is 2.60. The van der Waals surface area contributed by atoms with Crippen LogP contribution in [0.4, 0.5) is 0 Å². The molecule has 0 amide bonds. The molecule has 0 bridgehead atoms. The Morgan fingerprint density at radius 3 is 2.56 bits per heavy atom. The van der Waals surface area contributed by atoms with Crippen molar-refractivity contribution in [1.29, 1.82) is 0 Å². The van der Waals surface area contributed by atoms with Gasteiger partial charge in [0.2, 0.25) is 0 Å². The van der Waals surface area contributed by atoms with Gasteiger partial charge in [0.25, 0.3) is 0 Å². The van der Waals surface area contributed by atoms with E-state index >= 15 is 0 Å². The maximum atomic E-state index is 6.40. The topological polar surface area (TPSA) is 35.2 Å². The van der Waals surface area contributed by atoms with Crippen LogP contribution in [0, 0.1) is 11.8 Å². The molecule has 0 radical (unpaired) electrons. The second-order valence-corrected chi connectivity index (χ2v) is 6.14. The van der Waals surface area contributed by atoms with Gasteiger partial charge in [-0.1, -0.05) is 19.8 Å².